The molecule has 2 aliphatic rings. The highest BCUT2D eigenvalue weighted by Gasteiger charge is 2.51. The predicted molar refractivity (Wildman–Crippen MR) is 228 cm³/mol. The van der Waals surface area contributed by atoms with Gasteiger partial charge in [0.15, 0.2) is 5.71 Å². The van der Waals surface area contributed by atoms with Gasteiger partial charge < -0.3 is 4.90 Å². The van der Waals surface area contributed by atoms with Crippen molar-refractivity contribution in [3.8, 4) is 0 Å². The number of likely N-dealkylation sites (N-methyl/N-ethyl adjacent to an activating group) is 1. The van der Waals surface area contributed by atoms with Crippen LogP contribution in [0.25, 0.3) is 21.5 Å². The van der Waals surface area contributed by atoms with Crippen molar-refractivity contribution in [2.24, 2.45) is 0 Å². The molecule has 0 bridgehead atoms. The van der Waals surface area contributed by atoms with Crippen LogP contribution in [0.4, 0.5) is 11.4 Å². The molecule has 0 fully saturated rings. The van der Waals surface area contributed by atoms with Crippen LogP contribution in [0, 0.1) is 0 Å². The third-order valence-electron chi connectivity index (χ3n) is 12.3. The Labute approximate surface area is 320 Å². The summed E-state index contributed by atoms with van der Waals surface area (Å²) in [6.07, 6.45) is 11.0. The van der Waals surface area contributed by atoms with E-state index in [1.165, 1.54) is 72.1 Å². The molecule has 2 aliphatic heterocycles. The molecule has 54 heavy (non-hydrogen) atoms. The Kier molecular flexibility index (Phi) is 8.62. The van der Waals surface area contributed by atoms with Gasteiger partial charge in [-0.1, -0.05) is 153 Å². The van der Waals surface area contributed by atoms with Gasteiger partial charge in [-0.05, 0) is 93.8 Å². The maximum atomic E-state index is 2.47. The highest BCUT2D eigenvalue weighted by molar-refractivity contribution is 6.06. The molecule has 1 atom stereocenters. The lowest BCUT2D eigenvalue weighted by Crippen LogP contribution is -2.39. The summed E-state index contributed by atoms with van der Waals surface area (Å²) < 4.78 is 2.47. The smallest absolute Gasteiger partial charge is 0.210 e. The maximum absolute atomic E-state index is 2.47. The molecule has 0 N–H and O–H groups in total. The Hall–Kier alpha value is -5.99. The van der Waals surface area contributed by atoms with Crippen molar-refractivity contribution >= 4 is 38.6 Å². The van der Waals surface area contributed by atoms with Crippen LogP contribution in [0.2, 0.25) is 0 Å². The van der Waals surface area contributed by atoms with Gasteiger partial charge in [0.25, 0.3) is 0 Å². The fourth-order valence-electron chi connectivity index (χ4n) is 9.68. The molecule has 0 aromatic heterocycles. The van der Waals surface area contributed by atoms with E-state index in [-0.39, 0.29) is 10.8 Å². The number of fused-ring (bicyclic) bond motifs is 4. The van der Waals surface area contributed by atoms with Gasteiger partial charge in [0.1, 0.15) is 7.05 Å². The van der Waals surface area contributed by atoms with Crippen LogP contribution in [0.5, 0.6) is 0 Å². The molecule has 2 heterocycles. The molecule has 0 spiro atoms. The van der Waals surface area contributed by atoms with Crippen molar-refractivity contribution in [1.29, 1.82) is 0 Å². The molecule has 0 saturated heterocycles. The molecule has 1 unspecified atom stereocenters. The van der Waals surface area contributed by atoms with E-state index in [4.69, 9.17) is 0 Å². The van der Waals surface area contributed by atoms with E-state index in [1.54, 1.807) is 0 Å². The average Bonchev–Trinajstić information content (AvgIpc) is 3.56. The van der Waals surface area contributed by atoms with Crippen LogP contribution < -0.4 is 4.90 Å². The lowest BCUT2D eigenvalue weighted by molar-refractivity contribution is -0.401. The van der Waals surface area contributed by atoms with Crippen LogP contribution in [0.15, 0.2) is 188 Å². The minimum absolute atomic E-state index is 0.169. The Morgan fingerprint density at radius 3 is 1.50 bits per heavy atom. The first-order valence-electron chi connectivity index (χ1n) is 19.4. The second-order valence-corrected chi connectivity index (χ2v) is 15.4. The molecule has 9 rings (SSSR count). The van der Waals surface area contributed by atoms with Gasteiger partial charge in [0, 0.05) is 41.6 Å². The van der Waals surface area contributed by atoms with Crippen molar-refractivity contribution in [2.75, 3.05) is 19.0 Å². The summed E-state index contributed by atoms with van der Waals surface area (Å²) in [6, 6.07) is 60.6. The van der Waals surface area contributed by atoms with E-state index in [1.807, 2.05) is 0 Å². The van der Waals surface area contributed by atoms with Crippen LogP contribution in [0.1, 0.15) is 41.2 Å². The van der Waals surface area contributed by atoms with Gasteiger partial charge >= 0.3 is 0 Å². The summed E-state index contributed by atoms with van der Waals surface area (Å²) in [6.45, 7) is 2.37. The molecule has 0 radical (unpaired) electrons. The van der Waals surface area contributed by atoms with E-state index in [2.05, 4.69) is 213 Å². The summed E-state index contributed by atoms with van der Waals surface area (Å²) in [5.41, 5.74) is 11.7. The molecule has 2 nitrogen and oxygen atoms in total. The highest BCUT2D eigenvalue weighted by atomic mass is 15.2. The van der Waals surface area contributed by atoms with Crippen LogP contribution in [-0.4, -0.2) is 24.4 Å². The molecule has 0 amide bonds. The van der Waals surface area contributed by atoms with Gasteiger partial charge in [-0.3, -0.25) is 0 Å². The Balaban J connectivity index is 1.23. The van der Waals surface area contributed by atoms with Crippen molar-refractivity contribution in [3.63, 3.8) is 0 Å². The first-order chi connectivity index (χ1) is 26.5. The largest absolute Gasteiger partial charge is 0.347 e. The topological polar surface area (TPSA) is 6.25 Å². The van der Waals surface area contributed by atoms with Gasteiger partial charge in [0.05, 0.1) is 5.41 Å². The zero-order valence-electron chi connectivity index (χ0n) is 31.5. The zero-order valence-corrected chi connectivity index (χ0v) is 31.5. The SMILES string of the molecule is CCC1(Cc2ccccc2)/C(=C\C=C\C2=[N+](C)c3cc4ccccc4cc3C2(Cc2ccccc2)Cc2ccccc2)N(C)c2cc3ccccc3cc21. The molecule has 2 heteroatoms. The Morgan fingerprint density at radius 1 is 0.537 bits per heavy atom. The number of rotatable bonds is 9. The van der Waals surface area contributed by atoms with Gasteiger partial charge in [-0.15, -0.1) is 0 Å². The number of nitrogens with zero attached hydrogens (tertiary/aromatic N) is 2. The van der Waals surface area contributed by atoms with Gasteiger partial charge in [-0.25, -0.2) is 0 Å². The maximum Gasteiger partial charge on any atom is 0.210 e. The van der Waals surface area contributed by atoms with E-state index >= 15 is 0 Å². The van der Waals surface area contributed by atoms with Gasteiger partial charge in [0.2, 0.25) is 5.69 Å². The predicted octanol–water partition coefficient (Wildman–Crippen LogP) is 11.9. The molecule has 0 aliphatic carbocycles. The van der Waals surface area contributed by atoms with Crippen molar-refractivity contribution in [1.82, 2.24) is 0 Å². The second-order valence-electron chi connectivity index (χ2n) is 15.4. The highest BCUT2D eigenvalue weighted by Crippen LogP contribution is 2.53. The lowest BCUT2D eigenvalue weighted by atomic mass is 9.68. The fraction of sp³-hybridized carbons (Fsp3) is 0.173. The number of hydrogen-bond donors (Lipinski definition) is 0. The molecule has 7 aromatic carbocycles. The van der Waals surface area contributed by atoms with E-state index < -0.39 is 0 Å². The van der Waals surface area contributed by atoms with E-state index in [0.29, 0.717) is 0 Å². The van der Waals surface area contributed by atoms with Crippen LogP contribution in [0.3, 0.4) is 0 Å². The van der Waals surface area contributed by atoms with Gasteiger partial charge in [-0.2, -0.15) is 4.58 Å². The molecule has 264 valence electrons. The first-order valence-corrected chi connectivity index (χ1v) is 19.4. The number of anilines is 1. The van der Waals surface area contributed by atoms with Crippen molar-refractivity contribution < 1.29 is 4.58 Å². The van der Waals surface area contributed by atoms with Crippen LogP contribution in [-0.2, 0) is 30.1 Å². The molecular formula is C52H47N2+. The Bertz CT molecular complexity index is 2540. The normalized spacial score (nSPS) is 18.3. The minimum Gasteiger partial charge on any atom is -0.347 e. The number of allylic oxidation sites excluding steroid dienone is 4. The minimum atomic E-state index is -0.278. The summed E-state index contributed by atoms with van der Waals surface area (Å²) in [5.74, 6) is 0. The summed E-state index contributed by atoms with van der Waals surface area (Å²) in [5, 5.41) is 5.14. The summed E-state index contributed by atoms with van der Waals surface area (Å²) in [4.78, 5) is 2.46. The average molecular weight is 700 g/mol. The molecular weight excluding hydrogens is 653 g/mol. The van der Waals surface area contributed by atoms with E-state index in [9.17, 15) is 0 Å². The second kappa shape index (κ2) is 13.8. The third kappa shape index (κ3) is 5.69. The quantitative estimate of drug-likeness (QED) is 0.136. The lowest BCUT2D eigenvalue weighted by Gasteiger charge is -2.32. The molecule has 7 aromatic rings. The van der Waals surface area contributed by atoms with Crippen molar-refractivity contribution in [3.05, 3.63) is 216 Å². The summed E-state index contributed by atoms with van der Waals surface area (Å²) in [7, 11) is 4.54. The van der Waals surface area contributed by atoms with Crippen molar-refractivity contribution in [2.45, 2.75) is 43.4 Å². The molecule has 0 saturated carbocycles. The number of hydrogen-bond acceptors (Lipinski definition) is 1. The third-order valence-corrected chi connectivity index (χ3v) is 12.3. The monoisotopic (exact) mass is 699 g/mol. The number of benzene rings is 7. The first kappa shape index (κ1) is 33.8. The fourth-order valence-corrected chi connectivity index (χ4v) is 9.68. The standard InChI is InChI=1S/C52H47N2/c1-4-51(35-38-19-8-5-9-20-38)45-31-41-25-14-16-27-43(41)33-47(45)53(2)49(51)29-18-30-50-52(36-39-21-10-6-11-22-39,37-40-23-12-7-13-24-40)46-32-42-26-15-17-28-44(42)34-48(46)54(50)3/h5-34H,4,35-37H2,1-3H3/q+1. The summed E-state index contributed by atoms with van der Waals surface area (Å²) >= 11 is 0. The zero-order chi connectivity index (χ0) is 36.7. The van der Waals surface area contributed by atoms with E-state index in [0.717, 1.165) is 25.7 Å². The van der Waals surface area contributed by atoms with Crippen LogP contribution >= 0.6 is 0 Å². The Morgan fingerprint density at radius 2 is 0.981 bits per heavy atom.